The molecular weight excluding hydrogens is 250 g/mol. The number of hydrogen-bond donors (Lipinski definition) is 1. The topological polar surface area (TPSA) is 29.3 Å². The van der Waals surface area contributed by atoms with Gasteiger partial charge < -0.3 is 5.32 Å². The number of nitrogens with one attached hydrogen (secondary N) is 1. The number of aromatic nitrogens is 2. The van der Waals surface area contributed by atoms with Gasteiger partial charge in [0.2, 0.25) is 0 Å². The average Bonchev–Trinajstić information content (AvgIpc) is 2.93. The number of hydrogen-bond acceptors (Lipinski definition) is 4. The molecule has 0 saturated heterocycles. The van der Waals surface area contributed by atoms with Crippen LogP contribution in [0.5, 0.6) is 0 Å². The Kier molecular flexibility index (Phi) is 2.64. The standard InChI is InChI=1S/C12H13N3S2/c1-8-6-15-11(9(2)14-12(15)17-8)5-13-10-3-4-16-7-10/h3-4,6-7,13H,5H2,1-2H3. The van der Waals surface area contributed by atoms with Crippen molar-refractivity contribution in [3.63, 3.8) is 0 Å². The lowest BCUT2D eigenvalue weighted by Crippen LogP contribution is -2.02. The summed E-state index contributed by atoms with van der Waals surface area (Å²) in [6.07, 6.45) is 2.16. The molecule has 1 N–H and O–H groups in total. The third-order valence-electron chi connectivity index (χ3n) is 2.72. The molecule has 0 atom stereocenters. The van der Waals surface area contributed by atoms with Crippen LogP contribution in [0.25, 0.3) is 4.96 Å². The highest BCUT2D eigenvalue weighted by molar-refractivity contribution is 7.17. The second-order valence-electron chi connectivity index (χ2n) is 4.00. The summed E-state index contributed by atoms with van der Waals surface area (Å²) < 4.78 is 2.19. The molecule has 0 radical (unpaired) electrons. The maximum Gasteiger partial charge on any atom is 0.194 e. The molecular formula is C12H13N3S2. The van der Waals surface area contributed by atoms with Gasteiger partial charge in [0.1, 0.15) is 0 Å². The summed E-state index contributed by atoms with van der Waals surface area (Å²) in [5.74, 6) is 0. The smallest absolute Gasteiger partial charge is 0.194 e. The Hall–Kier alpha value is -1.33. The van der Waals surface area contributed by atoms with E-state index in [1.165, 1.54) is 16.3 Å². The summed E-state index contributed by atoms with van der Waals surface area (Å²) >= 11 is 3.44. The number of thiazole rings is 1. The van der Waals surface area contributed by atoms with Gasteiger partial charge in [0.15, 0.2) is 4.96 Å². The molecule has 0 unspecified atom stereocenters. The van der Waals surface area contributed by atoms with E-state index in [1.807, 2.05) is 0 Å². The van der Waals surface area contributed by atoms with E-state index in [2.05, 4.69) is 51.6 Å². The second kappa shape index (κ2) is 4.16. The Bertz CT molecular complexity index is 634. The van der Waals surface area contributed by atoms with Crippen LogP contribution in [-0.4, -0.2) is 9.38 Å². The largest absolute Gasteiger partial charge is 0.379 e. The van der Waals surface area contributed by atoms with Gasteiger partial charge in [-0.25, -0.2) is 4.98 Å². The zero-order chi connectivity index (χ0) is 11.8. The number of thiophene rings is 1. The van der Waals surface area contributed by atoms with Crippen molar-refractivity contribution in [3.05, 3.63) is 39.3 Å². The molecule has 0 aliphatic rings. The first-order chi connectivity index (χ1) is 8.24. The van der Waals surface area contributed by atoms with E-state index in [0.717, 1.165) is 17.2 Å². The fraction of sp³-hybridized carbons (Fsp3) is 0.250. The van der Waals surface area contributed by atoms with Gasteiger partial charge in [-0.15, -0.1) is 11.3 Å². The molecule has 0 saturated carbocycles. The molecule has 5 heteroatoms. The van der Waals surface area contributed by atoms with Crippen LogP contribution in [0.1, 0.15) is 16.3 Å². The number of anilines is 1. The lowest BCUT2D eigenvalue weighted by Gasteiger charge is -2.03. The zero-order valence-corrected chi connectivity index (χ0v) is 11.4. The zero-order valence-electron chi connectivity index (χ0n) is 9.73. The van der Waals surface area contributed by atoms with Gasteiger partial charge in [0.25, 0.3) is 0 Å². The fourth-order valence-electron chi connectivity index (χ4n) is 1.87. The maximum absolute atomic E-state index is 4.58. The van der Waals surface area contributed by atoms with Gasteiger partial charge >= 0.3 is 0 Å². The maximum atomic E-state index is 4.58. The van der Waals surface area contributed by atoms with Crippen molar-refractivity contribution in [1.82, 2.24) is 9.38 Å². The molecule has 0 bridgehead atoms. The predicted molar refractivity (Wildman–Crippen MR) is 74.2 cm³/mol. The highest BCUT2D eigenvalue weighted by Crippen LogP contribution is 2.21. The Labute approximate surface area is 108 Å². The minimum Gasteiger partial charge on any atom is -0.379 e. The normalized spacial score (nSPS) is 11.2. The van der Waals surface area contributed by atoms with E-state index in [0.29, 0.717) is 0 Å². The van der Waals surface area contributed by atoms with Gasteiger partial charge in [0, 0.05) is 22.1 Å². The van der Waals surface area contributed by atoms with Crippen LogP contribution in [-0.2, 0) is 6.54 Å². The molecule has 3 aromatic heterocycles. The number of aryl methyl sites for hydroxylation is 2. The summed E-state index contributed by atoms with van der Waals surface area (Å²) in [5.41, 5.74) is 3.53. The third-order valence-corrected chi connectivity index (χ3v) is 4.30. The summed E-state index contributed by atoms with van der Waals surface area (Å²) in [6, 6.07) is 2.09. The molecule has 17 heavy (non-hydrogen) atoms. The Morgan fingerprint density at radius 1 is 1.41 bits per heavy atom. The highest BCUT2D eigenvalue weighted by Gasteiger charge is 2.10. The van der Waals surface area contributed by atoms with Crippen LogP contribution in [0.3, 0.4) is 0 Å². The number of nitrogens with zero attached hydrogens (tertiary/aromatic N) is 2. The van der Waals surface area contributed by atoms with Gasteiger partial charge in [-0.2, -0.15) is 11.3 Å². The summed E-state index contributed by atoms with van der Waals surface area (Å²) in [4.78, 5) is 6.96. The van der Waals surface area contributed by atoms with Crippen LogP contribution < -0.4 is 5.32 Å². The van der Waals surface area contributed by atoms with E-state index in [-0.39, 0.29) is 0 Å². The molecule has 3 rings (SSSR count). The first-order valence-corrected chi connectivity index (χ1v) is 7.20. The summed E-state index contributed by atoms with van der Waals surface area (Å²) in [5, 5.41) is 7.62. The lowest BCUT2D eigenvalue weighted by atomic mass is 10.3. The number of fused-ring (bicyclic) bond motifs is 1. The molecule has 3 aromatic rings. The summed E-state index contributed by atoms with van der Waals surface area (Å²) in [7, 11) is 0. The van der Waals surface area contributed by atoms with Gasteiger partial charge in [-0.3, -0.25) is 4.40 Å². The van der Waals surface area contributed by atoms with Crippen LogP contribution in [0.2, 0.25) is 0 Å². The molecule has 3 heterocycles. The van der Waals surface area contributed by atoms with Crippen LogP contribution in [0, 0.1) is 13.8 Å². The quantitative estimate of drug-likeness (QED) is 0.781. The van der Waals surface area contributed by atoms with Crippen molar-refractivity contribution >= 4 is 33.3 Å². The van der Waals surface area contributed by atoms with Gasteiger partial charge in [0.05, 0.1) is 17.9 Å². The SMILES string of the molecule is Cc1cn2c(CNc3ccsc3)c(C)nc2s1. The lowest BCUT2D eigenvalue weighted by molar-refractivity contribution is 0.992. The minimum absolute atomic E-state index is 0.819. The average molecular weight is 263 g/mol. The van der Waals surface area contributed by atoms with Gasteiger partial charge in [-0.05, 0) is 25.3 Å². The van der Waals surface area contributed by atoms with E-state index in [1.54, 1.807) is 22.7 Å². The molecule has 0 aliphatic heterocycles. The van der Waals surface area contributed by atoms with Crippen molar-refractivity contribution in [3.8, 4) is 0 Å². The van der Waals surface area contributed by atoms with Crippen molar-refractivity contribution in [2.45, 2.75) is 20.4 Å². The van der Waals surface area contributed by atoms with Crippen molar-refractivity contribution in [2.75, 3.05) is 5.32 Å². The second-order valence-corrected chi connectivity index (χ2v) is 6.00. The first-order valence-electron chi connectivity index (χ1n) is 5.44. The monoisotopic (exact) mass is 263 g/mol. The third kappa shape index (κ3) is 1.96. The summed E-state index contributed by atoms with van der Waals surface area (Å²) in [6.45, 7) is 5.00. The molecule has 0 aliphatic carbocycles. The van der Waals surface area contributed by atoms with Crippen molar-refractivity contribution in [2.24, 2.45) is 0 Å². The van der Waals surface area contributed by atoms with E-state index >= 15 is 0 Å². The first kappa shape index (κ1) is 10.8. The van der Waals surface area contributed by atoms with E-state index in [9.17, 15) is 0 Å². The molecule has 0 aromatic carbocycles. The molecule has 88 valence electrons. The molecule has 0 amide bonds. The number of rotatable bonds is 3. The molecule has 3 nitrogen and oxygen atoms in total. The molecule has 0 fully saturated rings. The van der Waals surface area contributed by atoms with Crippen molar-refractivity contribution in [1.29, 1.82) is 0 Å². The van der Waals surface area contributed by atoms with Crippen LogP contribution >= 0.6 is 22.7 Å². The van der Waals surface area contributed by atoms with E-state index in [4.69, 9.17) is 0 Å². The highest BCUT2D eigenvalue weighted by atomic mass is 32.1. The molecule has 0 spiro atoms. The van der Waals surface area contributed by atoms with Gasteiger partial charge in [-0.1, -0.05) is 0 Å². The van der Waals surface area contributed by atoms with Crippen molar-refractivity contribution < 1.29 is 0 Å². The fourth-order valence-corrected chi connectivity index (χ4v) is 3.38. The van der Waals surface area contributed by atoms with Crippen LogP contribution in [0.15, 0.2) is 23.0 Å². The Morgan fingerprint density at radius 3 is 3.06 bits per heavy atom. The number of imidazole rings is 1. The predicted octanol–water partition coefficient (Wildman–Crippen LogP) is 3.69. The Morgan fingerprint density at radius 2 is 2.29 bits per heavy atom. The minimum atomic E-state index is 0.819. The van der Waals surface area contributed by atoms with Crippen LogP contribution in [0.4, 0.5) is 5.69 Å². The van der Waals surface area contributed by atoms with E-state index < -0.39 is 0 Å². The Balaban J connectivity index is 1.90.